The zero-order valence-corrected chi connectivity index (χ0v) is 32.7. The molecule has 0 spiro atoms. The van der Waals surface area contributed by atoms with Crippen molar-refractivity contribution in [3.05, 3.63) is 181 Å². The summed E-state index contributed by atoms with van der Waals surface area (Å²) >= 11 is 0. The van der Waals surface area contributed by atoms with Gasteiger partial charge in [0.1, 0.15) is 23.2 Å². The van der Waals surface area contributed by atoms with Gasteiger partial charge in [0.15, 0.2) is 0 Å². The SMILES string of the molecule is C=CCC(OC(C)=O)[C@@H]1[C@@H](N(Cc2cc3ccccc3o2)C(=O)c2cccc3ccccc23)c2cc(OCCCO)ccc2N1C(=O)c1ccc(-c2ccccc2)cc1. The second-order valence-corrected chi connectivity index (χ2v) is 14.6. The summed E-state index contributed by atoms with van der Waals surface area (Å²) in [5, 5.41) is 12.1. The minimum Gasteiger partial charge on any atom is -0.493 e. The molecule has 296 valence electrons. The second kappa shape index (κ2) is 17.3. The van der Waals surface area contributed by atoms with E-state index in [0.29, 0.717) is 45.9 Å². The highest BCUT2D eigenvalue weighted by Crippen LogP contribution is 2.49. The molecule has 6 aromatic carbocycles. The number of ether oxygens (including phenoxy) is 2. The van der Waals surface area contributed by atoms with Crippen LogP contribution >= 0.6 is 0 Å². The average molecular weight is 785 g/mol. The van der Waals surface area contributed by atoms with Crippen molar-refractivity contribution in [1.29, 1.82) is 0 Å². The summed E-state index contributed by atoms with van der Waals surface area (Å²) in [5.74, 6) is -0.157. The molecule has 1 aliphatic heterocycles. The van der Waals surface area contributed by atoms with Gasteiger partial charge in [-0.25, -0.2) is 0 Å². The molecule has 3 atom stereocenters. The van der Waals surface area contributed by atoms with Crippen molar-refractivity contribution in [2.45, 2.75) is 44.5 Å². The van der Waals surface area contributed by atoms with E-state index in [4.69, 9.17) is 13.9 Å². The molecule has 1 aromatic heterocycles. The van der Waals surface area contributed by atoms with Crippen molar-refractivity contribution in [2.75, 3.05) is 18.1 Å². The van der Waals surface area contributed by atoms with Crippen LogP contribution in [0.4, 0.5) is 5.69 Å². The number of nitrogens with zero attached hydrogens (tertiary/aromatic N) is 2. The average Bonchev–Trinajstić information content (AvgIpc) is 3.83. The van der Waals surface area contributed by atoms with Crippen molar-refractivity contribution in [1.82, 2.24) is 4.90 Å². The van der Waals surface area contributed by atoms with Gasteiger partial charge in [-0.3, -0.25) is 19.3 Å². The molecule has 59 heavy (non-hydrogen) atoms. The Labute approximate surface area is 342 Å². The Morgan fingerprint density at radius 1 is 0.831 bits per heavy atom. The van der Waals surface area contributed by atoms with Crippen LogP contribution in [0.25, 0.3) is 32.9 Å². The number of aliphatic hydroxyl groups is 1. The zero-order valence-electron chi connectivity index (χ0n) is 32.7. The van der Waals surface area contributed by atoms with E-state index in [1.165, 1.54) is 6.92 Å². The standard InChI is InChI=1S/C50H44N2O7/c1-3-13-46(58-33(2)54)48-47(51(32-40-30-38-17-8-10-21-45(38)59-40)50(56)42-20-11-18-36-16-7-9-19-41(36)42)43-31-39(57-29-12-28-53)26-27-44(43)52(48)49(55)37-24-22-35(23-25-37)34-14-5-4-6-15-34/h3-11,14-27,30-31,46-48,53H,1,12-13,28-29,32H2,2H3/t46?,47-,48+/m0/s1. The van der Waals surface area contributed by atoms with Crippen molar-refractivity contribution < 1.29 is 33.4 Å². The fraction of sp³-hybridized carbons (Fsp3) is 0.180. The number of benzene rings is 6. The summed E-state index contributed by atoms with van der Waals surface area (Å²) in [7, 11) is 0. The molecule has 2 heterocycles. The van der Waals surface area contributed by atoms with Crippen molar-refractivity contribution >= 4 is 45.2 Å². The summed E-state index contributed by atoms with van der Waals surface area (Å²) in [5.41, 5.74) is 4.66. The number of esters is 1. The van der Waals surface area contributed by atoms with Gasteiger partial charge < -0.3 is 23.9 Å². The van der Waals surface area contributed by atoms with Crippen LogP contribution in [0, 0.1) is 0 Å². The summed E-state index contributed by atoms with van der Waals surface area (Å²) in [6.07, 6.45) is 1.34. The van der Waals surface area contributed by atoms with Crippen LogP contribution in [0.1, 0.15) is 57.8 Å². The maximum absolute atomic E-state index is 15.5. The lowest BCUT2D eigenvalue weighted by Crippen LogP contribution is -2.52. The van der Waals surface area contributed by atoms with E-state index < -0.39 is 24.2 Å². The van der Waals surface area contributed by atoms with Crippen LogP contribution < -0.4 is 9.64 Å². The third kappa shape index (κ3) is 7.97. The Kier molecular flexibility index (Phi) is 11.4. The number of hydrogen-bond acceptors (Lipinski definition) is 7. The van der Waals surface area contributed by atoms with Gasteiger partial charge in [-0.2, -0.15) is 0 Å². The molecule has 1 aliphatic rings. The van der Waals surface area contributed by atoms with Crippen molar-refractivity contribution in [2.24, 2.45) is 0 Å². The van der Waals surface area contributed by atoms with E-state index >= 15 is 9.59 Å². The first-order valence-electron chi connectivity index (χ1n) is 19.8. The van der Waals surface area contributed by atoms with Crippen LogP contribution in [-0.2, 0) is 16.1 Å². The van der Waals surface area contributed by atoms with Crippen LogP contribution in [0.3, 0.4) is 0 Å². The molecular formula is C50H44N2O7. The topological polar surface area (TPSA) is 110 Å². The van der Waals surface area contributed by atoms with E-state index in [2.05, 4.69) is 6.58 Å². The van der Waals surface area contributed by atoms with E-state index in [1.807, 2.05) is 121 Å². The van der Waals surface area contributed by atoms with Gasteiger partial charge in [-0.05, 0) is 70.4 Å². The van der Waals surface area contributed by atoms with E-state index in [9.17, 15) is 9.90 Å². The molecule has 0 aliphatic carbocycles. The lowest BCUT2D eigenvalue weighted by Gasteiger charge is -2.39. The fourth-order valence-corrected chi connectivity index (χ4v) is 8.14. The highest BCUT2D eigenvalue weighted by Gasteiger charge is 2.51. The summed E-state index contributed by atoms with van der Waals surface area (Å²) < 4.78 is 18.6. The van der Waals surface area contributed by atoms with Crippen molar-refractivity contribution in [3.8, 4) is 16.9 Å². The van der Waals surface area contributed by atoms with Crippen LogP contribution in [-0.4, -0.2) is 53.1 Å². The Morgan fingerprint density at radius 3 is 2.29 bits per heavy atom. The van der Waals surface area contributed by atoms with Crippen LogP contribution in [0.2, 0.25) is 0 Å². The molecule has 9 heteroatoms. The largest absolute Gasteiger partial charge is 0.493 e. The number of furan rings is 1. The number of anilines is 1. The van der Waals surface area contributed by atoms with Gasteiger partial charge in [-0.15, -0.1) is 6.58 Å². The van der Waals surface area contributed by atoms with Crippen molar-refractivity contribution in [3.63, 3.8) is 0 Å². The van der Waals surface area contributed by atoms with Crippen LogP contribution in [0.5, 0.6) is 5.75 Å². The molecule has 1 unspecified atom stereocenters. The molecule has 0 saturated carbocycles. The molecule has 1 N–H and O–H groups in total. The lowest BCUT2D eigenvalue weighted by atomic mass is 9.93. The molecule has 9 nitrogen and oxygen atoms in total. The minimum atomic E-state index is -0.927. The lowest BCUT2D eigenvalue weighted by molar-refractivity contribution is -0.147. The van der Waals surface area contributed by atoms with E-state index in [1.54, 1.807) is 40.1 Å². The maximum atomic E-state index is 15.5. The van der Waals surface area contributed by atoms with Gasteiger partial charge in [0, 0.05) is 48.4 Å². The predicted octanol–water partition coefficient (Wildman–Crippen LogP) is 9.93. The van der Waals surface area contributed by atoms with Gasteiger partial charge in [0.25, 0.3) is 11.8 Å². The minimum absolute atomic E-state index is 0.0155. The monoisotopic (exact) mass is 784 g/mol. The molecule has 2 amide bonds. The quantitative estimate of drug-likeness (QED) is 0.0664. The zero-order chi connectivity index (χ0) is 40.9. The molecule has 0 bridgehead atoms. The normalized spacial score (nSPS) is 15.1. The van der Waals surface area contributed by atoms with Gasteiger partial charge in [-0.1, -0.05) is 103 Å². The molecule has 7 aromatic rings. The molecule has 0 saturated heterocycles. The third-order valence-electron chi connectivity index (χ3n) is 10.7. The maximum Gasteiger partial charge on any atom is 0.302 e. The number of carbonyl (C=O) groups is 3. The fourth-order valence-electron chi connectivity index (χ4n) is 8.14. The smallest absolute Gasteiger partial charge is 0.302 e. The third-order valence-corrected chi connectivity index (χ3v) is 10.7. The summed E-state index contributed by atoms with van der Waals surface area (Å²) in [4.78, 5) is 47.1. The second-order valence-electron chi connectivity index (χ2n) is 14.6. The number of amides is 2. The van der Waals surface area contributed by atoms with E-state index in [-0.39, 0.29) is 38.0 Å². The molecule has 0 fully saturated rings. The van der Waals surface area contributed by atoms with E-state index in [0.717, 1.165) is 27.3 Å². The highest BCUT2D eigenvalue weighted by atomic mass is 16.5. The number of aliphatic hydroxyl groups excluding tert-OH is 1. The Hall–Kier alpha value is -6.97. The molecule has 0 radical (unpaired) electrons. The summed E-state index contributed by atoms with van der Waals surface area (Å²) in [6.45, 7) is 5.56. The molecular weight excluding hydrogens is 741 g/mol. The number of fused-ring (bicyclic) bond motifs is 3. The predicted molar refractivity (Wildman–Crippen MR) is 229 cm³/mol. The number of rotatable bonds is 14. The highest BCUT2D eigenvalue weighted by molar-refractivity contribution is 6.10. The Morgan fingerprint density at radius 2 is 1.54 bits per heavy atom. The Bertz CT molecular complexity index is 2600. The first kappa shape index (κ1) is 38.9. The number of carbonyl (C=O) groups excluding carboxylic acids is 3. The van der Waals surface area contributed by atoms with Crippen LogP contribution in [0.15, 0.2) is 163 Å². The summed E-state index contributed by atoms with van der Waals surface area (Å²) in [6, 6.07) is 43.8. The van der Waals surface area contributed by atoms with Gasteiger partial charge in [0.2, 0.25) is 0 Å². The first-order valence-corrected chi connectivity index (χ1v) is 19.8. The van der Waals surface area contributed by atoms with Gasteiger partial charge >= 0.3 is 5.97 Å². The molecule has 8 rings (SSSR count). The Balaban J connectivity index is 1.33. The number of hydrogen-bond donors (Lipinski definition) is 1. The van der Waals surface area contributed by atoms with Gasteiger partial charge in [0.05, 0.1) is 30.9 Å². The first-order chi connectivity index (χ1) is 28.8. The number of para-hydroxylation sites is 1.